The van der Waals surface area contributed by atoms with Gasteiger partial charge >= 0.3 is 12.3 Å². The van der Waals surface area contributed by atoms with E-state index in [9.17, 15) is 18.0 Å². The van der Waals surface area contributed by atoms with Crippen molar-refractivity contribution in [2.24, 2.45) is 0 Å². The minimum Gasteiger partial charge on any atom is -0.440 e. The molecule has 0 fully saturated rings. The molecule has 0 spiro atoms. The molecular formula is C10H18F3NO4. The largest absolute Gasteiger partial charge is 0.440 e. The van der Waals surface area contributed by atoms with Crippen LogP contribution in [-0.2, 0) is 14.2 Å². The molecule has 0 aliphatic heterocycles. The van der Waals surface area contributed by atoms with Crippen molar-refractivity contribution in [3.05, 3.63) is 0 Å². The fraction of sp³-hybridized carbons (Fsp3) is 0.900. The fourth-order valence-corrected chi connectivity index (χ4v) is 1.13. The predicted molar refractivity (Wildman–Crippen MR) is 57.3 cm³/mol. The van der Waals surface area contributed by atoms with E-state index in [4.69, 9.17) is 9.47 Å². The average molecular weight is 273 g/mol. The lowest BCUT2D eigenvalue weighted by atomic mass is 10.4. The van der Waals surface area contributed by atoms with Crippen LogP contribution in [0.2, 0.25) is 0 Å². The van der Waals surface area contributed by atoms with Crippen LogP contribution in [0.25, 0.3) is 0 Å². The molecule has 0 rings (SSSR count). The summed E-state index contributed by atoms with van der Waals surface area (Å²) in [6.07, 6.45) is -5.00. The molecule has 108 valence electrons. The second-order valence-corrected chi connectivity index (χ2v) is 3.50. The monoisotopic (exact) mass is 273 g/mol. The minimum atomic E-state index is -4.52. The highest BCUT2D eigenvalue weighted by molar-refractivity contribution is 5.67. The predicted octanol–water partition coefficient (Wildman–Crippen LogP) is 1.67. The van der Waals surface area contributed by atoms with Crippen molar-refractivity contribution in [1.82, 2.24) is 4.90 Å². The molecule has 0 aliphatic rings. The Balaban J connectivity index is 4.12. The van der Waals surface area contributed by atoms with E-state index in [2.05, 4.69) is 4.74 Å². The van der Waals surface area contributed by atoms with Crippen LogP contribution in [-0.4, -0.2) is 64.3 Å². The van der Waals surface area contributed by atoms with E-state index in [1.54, 1.807) is 0 Å². The van der Waals surface area contributed by atoms with Crippen LogP contribution < -0.4 is 0 Å². The van der Waals surface area contributed by atoms with Crippen molar-refractivity contribution < 1.29 is 32.2 Å². The molecule has 8 heteroatoms. The third-order valence-corrected chi connectivity index (χ3v) is 1.96. The Hall–Kier alpha value is -1.02. The van der Waals surface area contributed by atoms with E-state index >= 15 is 0 Å². The molecule has 0 unspecified atom stereocenters. The van der Waals surface area contributed by atoms with Gasteiger partial charge < -0.3 is 19.1 Å². The molecule has 0 aromatic rings. The van der Waals surface area contributed by atoms with Crippen LogP contribution in [0.1, 0.15) is 6.42 Å². The Labute approximate surface area is 104 Å². The van der Waals surface area contributed by atoms with Gasteiger partial charge in [0.15, 0.2) is 6.61 Å². The highest BCUT2D eigenvalue weighted by atomic mass is 19.4. The van der Waals surface area contributed by atoms with E-state index < -0.39 is 18.9 Å². The molecular weight excluding hydrogens is 255 g/mol. The Morgan fingerprint density at radius 2 is 1.72 bits per heavy atom. The lowest BCUT2D eigenvalue weighted by Gasteiger charge is -2.22. The van der Waals surface area contributed by atoms with Gasteiger partial charge in [0.25, 0.3) is 0 Å². The zero-order chi connectivity index (χ0) is 14.0. The first kappa shape index (κ1) is 17.0. The van der Waals surface area contributed by atoms with E-state index in [-0.39, 0.29) is 19.7 Å². The maximum Gasteiger partial charge on any atom is 0.422 e. The second-order valence-electron chi connectivity index (χ2n) is 3.50. The summed E-state index contributed by atoms with van der Waals surface area (Å²) in [5.41, 5.74) is 0. The van der Waals surface area contributed by atoms with Crippen molar-refractivity contribution in [2.45, 2.75) is 12.6 Å². The second kappa shape index (κ2) is 8.98. The molecule has 5 nitrogen and oxygen atoms in total. The van der Waals surface area contributed by atoms with Crippen molar-refractivity contribution >= 4 is 6.09 Å². The number of halogens is 3. The van der Waals surface area contributed by atoms with Gasteiger partial charge in [0.2, 0.25) is 0 Å². The van der Waals surface area contributed by atoms with Gasteiger partial charge in [0, 0.05) is 33.9 Å². The van der Waals surface area contributed by atoms with Gasteiger partial charge in [0.05, 0.1) is 6.61 Å². The zero-order valence-electron chi connectivity index (χ0n) is 10.5. The lowest BCUT2D eigenvalue weighted by Crippen LogP contribution is -2.37. The molecule has 18 heavy (non-hydrogen) atoms. The summed E-state index contributed by atoms with van der Waals surface area (Å²) in [5, 5.41) is 0. The number of hydrogen-bond acceptors (Lipinski definition) is 4. The first-order valence-corrected chi connectivity index (χ1v) is 5.37. The third kappa shape index (κ3) is 9.06. The maximum absolute atomic E-state index is 11.9. The Bertz CT molecular complexity index is 236. The van der Waals surface area contributed by atoms with E-state index in [0.29, 0.717) is 13.0 Å². The number of rotatable bonds is 8. The first-order chi connectivity index (χ1) is 8.40. The van der Waals surface area contributed by atoms with Gasteiger partial charge in [-0.2, -0.15) is 13.2 Å². The van der Waals surface area contributed by atoms with Gasteiger partial charge in [0.1, 0.15) is 0 Å². The summed E-state index contributed by atoms with van der Waals surface area (Å²) < 4.78 is 49.4. The van der Waals surface area contributed by atoms with Crippen molar-refractivity contribution in [3.8, 4) is 0 Å². The molecule has 0 saturated heterocycles. The number of methoxy groups -OCH3 is 2. The molecule has 0 atom stereocenters. The van der Waals surface area contributed by atoms with Gasteiger partial charge in [-0.15, -0.1) is 0 Å². The van der Waals surface area contributed by atoms with Crippen molar-refractivity contribution in [1.29, 1.82) is 0 Å². The summed E-state index contributed by atoms with van der Waals surface area (Å²) in [4.78, 5) is 12.6. The Kier molecular flexibility index (Phi) is 8.47. The smallest absolute Gasteiger partial charge is 0.422 e. The number of alkyl halides is 3. The van der Waals surface area contributed by atoms with Crippen LogP contribution >= 0.6 is 0 Å². The number of hydrogen-bond donors (Lipinski definition) is 0. The van der Waals surface area contributed by atoms with Gasteiger partial charge in [-0.1, -0.05) is 0 Å². The molecule has 0 bridgehead atoms. The van der Waals surface area contributed by atoms with Crippen LogP contribution in [0, 0.1) is 0 Å². The molecule has 0 saturated carbocycles. The van der Waals surface area contributed by atoms with Crippen molar-refractivity contribution in [3.63, 3.8) is 0 Å². The standard InChI is InChI=1S/C10H18F3NO4/c1-16-6-3-4-14(5-7-17-2)9(15)18-8-10(11,12)13/h3-8H2,1-2H3. The summed E-state index contributed by atoms with van der Waals surface area (Å²) in [6.45, 7) is -0.505. The summed E-state index contributed by atoms with van der Waals surface area (Å²) in [5.74, 6) is 0. The summed E-state index contributed by atoms with van der Waals surface area (Å²) in [7, 11) is 2.94. The van der Waals surface area contributed by atoms with Crippen LogP contribution in [0.4, 0.5) is 18.0 Å². The normalized spacial score (nSPS) is 11.4. The number of carbonyl (C=O) groups excluding carboxylic acids is 1. The van der Waals surface area contributed by atoms with E-state index in [0.717, 1.165) is 4.90 Å². The molecule has 0 radical (unpaired) electrons. The summed E-state index contributed by atoms with van der Waals surface area (Å²) in [6, 6.07) is 0. The Morgan fingerprint density at radius 3 is 2.22 bits per heavy atom. The molecule has 0 aromatic heterocycles. The zero-order valence-corrected chi connectivity index (χ0v) is 10.5. The Morgan fingerprint density at radius 1 is 1.11 bits per heavy atom. The molecule has 1 amide bonds. The van der Waals surface area contributed by atoms with E-state index in [1.165, 1.54) is 14.2 Å². The van der Waals surface area contributed by atoms with Gasteiger partial charge in [-0.05, 0) is 6.42 Å². The summed E-state index contributed by atoms with van der Waals surface area (Å²) >= 11 is 0. The van der Waals surface area contributed by atoms with E-state index in [1.807, 2.05) is 0 Å². The topological polar surface area (TPSA) is 48.0 Å². The average Bonchev–Trinajstić information content (AvgIpc) is 2.29. The first-order valence-electron chi connectivity index (χ1n) is 5.37. The van der Waals surface area contributed by atoms with Gasteiger partial charge in [-0.3, -0.25) is 0 Å². The number of amides is 1. The number of nitrogens with zero attached hydrogens (tertiary/aromatic N) is 1. The lowest BCUT2D eigenvalue weighted by molar-refractivity contribution is -0.162. The SMILES string of the molecule is COCCCN(CCOC)C(=O)OCC(F)(F)F. The molecule has 0 aromatic carbocycles. The molecule has 0 aliphatic carbocycles. The quantitative estimate of drug-likeness (QED) is 0.631. The fourth-order valence-electron chi connectivity index (χ4n) is 1.13. The van der Waals surface area contributed by atoms with Crippen LogP contribution in [0.5, 0.6) is 0 Å². The highest BCUT2D eigenvalue weighted by Crippen LogP contribution is 2.15. The van der Waals surface area contributed by atoms with Gasteiger partial charge in [-0.25, -0.2) is 4.79 Å². The third-order valence-electron chi connectivity index (χ3n) is 1.96. The van der Waals surface area contributed by atoms with Crippen LogP contribution in [0.15, 0.2) is 0 Å². The van der Waals surface area contributed by atoms with Crippen LogP contribution in [0.3, 0.4) is 0 Å². The number of carbonyl (C=O) groups is 1. The highest BCUT2D eigenvalue weighted by Gasteiger charge is 2.30. The number of ether oxygens (including phenoxy) is 3. The van der Waals surface area contributed by atoms with Crippen molar-refractivity contribution in [2.75, 3.05) is 47.1 Å². The molecule has 0 N–H and O–H groups in total. The molecule has 0 heterocycles. The maximum atomic E-state index is 11.9. The minimum absolute atomic E-state index is 0.177.